The van der Waals surface area contributed by atoms with Gasteiger partial charge in [0, 0.05) is 12.0 Å². The minimum absolute atomic E-state index is 0.00823. The molecule has 6 rings (SSSR count). The lowest BCUT2D eigenvalue weighted by Gasteiger charge is -2.34. The van der Waals surface area contributed by atoms with Crippen LogP contribution in [0.4, 0.5) is 0 Å². The van der Waals surface area contributed by atoms with Crippen molar-refractivity contribution in [2.45, 2.75) is 6.04 Å². The molecule has 0 aliphatic heterocycles. The number of rotatable bonds is 2. The fourth-order valence-electron chi connectivity index (χ4n) is 5.10. The maximum Gasteiger partial charge on any atom is 0.0406 e. The van der Waals surface area contributed by atoms with Crippen LogP contribution in [0.25, 0.3) is 27.5 Å². The van der Waals surface area contributed by atoms with Crippen LogP contribution in [-0.2, 0) is 0 Å². The number of nitrogens with two attached hydrogens (primary N) is 1. The highest BCUT2D eigenvalue weighted by atomic mass is 14.7. The zero-order valence-electron chi connectivity index (χ0n) is 17.2. The molecule has 0 radical (unpaired) electrons. The monoisotopic (exact) mass is 397 g/mol. The number of hydrogen-bond acceptors (Lipinski definition) is 1. The van der Waals surface area contributed by atoms with E-state index in [4.69, 9.17) is 5.73 Å². The van der Waals surface area contributed by atoms with Crippen molar-refractivity contribution in [2.24, 2.45) is 11.7 Å². The molecule has 4 aromatic rings. The summed E-state index contributed by atoms with van der Waals surface area (Å²) < 4.78 is 0. The molecule has 0 heterocycles. The predicted molar refractivity (Wildman–Crippen MR) is 131 cm³/mol. The van der Waals surface area contributed by atoms with Crippen LogP contribution < -0.4 is 5.73 Å². The first-order chi connectivity index (χ1) is 15.3. The SMILES string of the molecule is NC1c2ccccc2C(c2ccc(-c3cccc4ccccc34)cc2)=C2C=CC=CC21. The molecule has 148 valence electrons. The van der Waals surface area contributed by atoms with Crippen molar-refractivity contribution < 1.29 is 0 Å². The van der Waals surface area contributed by atoms with Crippen LogP contribution >= 0.6 is 0 Å². The van der Waals surface area contributed by atoms with Gasteiger partial charge in [0.05, 0.1) is 0 Å². The van der Waals surface area contributed by atoms with E-state index in [9.17, 15) is 0 Å². The van der Waals surface area contributed by atoms with Gasteiger partial charge in [-0.05, 0) is 49.7 Å². The van der Waals surface area contributed by atoms with Gasteiger partial charge in [-0.3, -0.25) is 0 Å². The molecule has 2 atom stereocenters. The fourth-order valence-corrected chi connectivity index (χ4v) is 5.10. The van der Waals surface area contributed by atoms with Gasteiger partial charge in [-0.15, -0.1) is 0 Å². The molecule has 2 N–H and O–H groups in total. The third-order valence-electron chi connectivity index (χ3n) is 6.60. The lowest BCUT2D eigenvalue weighted by molar-refractivity contribution is 0.588. The molecule has 0 bridgehead atoms. The van der Waals surface area contributed by atoms with Crippen LogP contribution in [0.3, 0.4) is 0 Å². The second-order valence-electron chi connectivity index (χ2n) is 8.32. The maximum absolute atomic E-state index is 6.67. The topological polar surface area (TPSA) is 26.0 Å². The summed E-state index contributed by atoms with van der Waals surface area (Å²) in [5, 5.41) is 2.56. The van der Waals surface area contributed by atoms with Crippen molar-refractivity contribution >= 4 is 16.3 Å². The standard InChI is InChI=1S/C30H23N/c31-30-27-13-5-3-11-25(27)29(26-12-4-6-14-28(26)30)22-18-16-21(17-19-22)24-15-7-9-20-8-1-2-10-23(20)24/h1-19,27,30H,31H2. The Morgan fingerprint density at radius 1 is 0.613 bits per heavy atom. The summed E-state index contributed by atoms with van der Waals surface area (Å²) >= 11 is 0. The van der Waals surface area contributed by atoms with Crippen LogP contribution in [0.2, 0.25) is 0 Å². The molecule has 0 aromatic heterocycles. The third-order valence-corrected chi connectivity index (χ3v) is 6.60. The van der Waals surface area contributed by atoms with Crippen molar-refractivity contribution in [2.75, 3.05) is 0 Å². The van der Waals surface area contributed by atoms with Gasteiger partial charge in [0.25, 0.3) is 0 Å². The average Bonchev–Trinajstić information content (AvgIpc) is 2.84. The molecule has 0 amide bonds. The van der Waals surface area contributed by atoms with Gasteiger partial charge in [0.15, 0.2) is 0 Å². The van der Waals surface area contributed by atoms with Gasteiger partial charge in [-0.25, -0.2) is 0 Å². The smallest absolute Gasteiger partial charge is 0.0406 e. The van der Waals surface area contributed by atoms with Gasteiger partial charge < -0.3 is 5.73 Å². The molecule has 31 heavy (non-hydrogen) atoms. The largest absolute Gasteiger partial charge is 0.323 e. The quantitative estimate of drug-likeness (QED) is 0.385. The normalized spacial score (nSPS) is 19.4. The lowest BCUT2D eigenvalue weighted by atomic mass is 9.72. The minimum atomic E-state index is -0.00823. The molecule has 2 aliphatic rings. The van der Waals surface area contributed by atoms with E-state index >= 15 is 0 Å². The van der Waals surface area contributed by atoms with E-state index in [0.29, 0.717) is 0 Å². The van der Waals surface area contributed by atoms with Gasteiger partial charge in [-0.1, -0.05) is 115 Å². The first kappa shape index (κ1) is 18.1. The number of allylic oxidation sites excluding steroid dienone is 3. The first-order valence-corrected chi connectivity index (χ1v) is 10.8. The number of benzene rings is 4. The maximum atomic E-state index is 6.67. The van der Waals surface area contributed by atoms with E-state index in [-0.39, 0.29) is 12.0 Å². The Hall–Kier alpha value is -3.68. The molecule has 2 aliphatic carbocycles. The molecular formula is C30H23N. The summed E-state index contributed by atoms with van der Waals surface area (Å²) in [6.07, 6.45) is 8.70. The Balaban J connectivity index is 1.50. The molecular weight excluding hydrogens is 374 g/mol. The van der Waals surface area contributed by atoms with Gasteiger partial charge in [0.2, 0.25) is 0 Å². The highest BCUT2D eigenvalue weighted by molar-refractivity contribution is 5.97. The summed E-state index contributed by atoms with van der Waals surface area (Å²) in [5.41, 5.74) is 15.5. The van der Waals surface area contributed by atoms with E-state index in [1.54, 1.807) is 0 Å². The molecule has 2 unspecified atom stereocenters. The lowest BCUT2D eigenvalue weighted by Crippen LogP contribution is -2.27. The van der Waals surface area contributed by atoms with Crippen LogP contribution in [0.1, 0.15) is 22.7 Å². The third kappa shape index (κ3) is 2.90. The van der Waals surface area contributed by atoms with E-state index in [1.807, 2.05) is 0 Å². The average molecular weight is 398 g/mol. The fraction of sp³-hybridized carbons (Fsp3) is 0.0667. The Morgan fingerprint density at radius 3 is 2.23 bits per heavy atom. The molecule has 0 saturated carbocycles. The molecule has 1 heteroatoms. The second kappa shape index (κ2) is 7.23. The van der Waals surface area contributed by atoms with Crippen molar-refractivity contribution in [3.63, 3.8) is 0 Å². The molecule has 0 spiro atoms. The van der Waals surface area contributed by atoms with Crippen LogP contribution in [-0.4, -0.2) is 0 Å². The zero-order chi connectivity index (χ0) is 20.8. The Labute approximate surface area is 182 Å². The Kier molecular flexibility index (Phi) is 4.22. The summed E-state index contributed by atoms with van der Waals surface area (Å²) in [5.74, 6) is 0.215. The van der Waals surface area contributed by atoms with Crippen molar-refractivity contribution in [1.82, 2.24) is 0 Å². The van der Waals surface area contributed by atoms with Gasteiger partial charge in [0.1, 0.15) is 0 Å². The highest BCUT2D eigenvalue weighted by Crippen LogP contribution is 2.45. The predicted octanol–water partition coefficient (Wildman–Crippen LogP) is 7.06. The summed E-state index contributed by atoms with van der Waals surface area (Å²) in [7, 11) is 0. The van der Waals surface area contributed by atoms with Crippen LogP contribution in [0.15, 0.2) is 121 Å². The van der Waals surface area contributed by atoms with Crippen molar-refractivity contribution in [3.8, 4) is 11.1 Å². The molecule has 4 aromatic carbocycles. The number of fused-ring (bicyclic) bond motifs is 3. The van der Waals surface area contributed by atoms with E-state index < -0.39 is 0 Å². The highest BCUT2D eigenvalue weighted by Gasteiger charge is 2.31. The minimum Gasteiger partial charge on any atom is -0.323 e. The number of hydrogen-bond donors (Lipinski definition) is 1. The Morgan fingerprint density at radius 2 is 1.32 bits per heavy atom. The van der Waals surface area contributed by atoms with Gasteiger partial charge in [-0.2, -0.15) is 0 Å². The second-order valence-corrected chi connectivity index (χ2v) is 8.32. The van der Waals surface area contributed by atoms with Crippen molar-refractivity contribution in [1.29, 1.82) is 0 Å². The zero-order valence-corrected chi connectivity index (χ0v) is 17.2. The summed E-state index contributed by atoms with van der Waals surface area (Å²) in [6, 6.07) is 32.7. The van der Waals surface area contributed by atoms with Crippen molar-refractivity contribution in [3.05, 3.63) is 138 Å². The molecule has 0 saturated heterocycles. The van der Waals surface area contributed by atoms with E-state index in [0.717, 1.165) is 0 Å². The summed E-state index contributed by atoms with van der Waals surface area (Å²) in [6.45, 7) is 0. The molecule has 0 fully saturated rings. The first-order valence-electron chi connectivity index (χ1n) is 10.8. The van der Waals surface area contributed by atoms with Crippen LogP contribution in [0, 0.1) is 5.92 Å². The molecule has 1 nitrogen and oxygen atoms in total. The summed E-state index contributed by atoms with van der Waals surface area (Å²) in [4.78, 5) is 0. The van der Waals surface area contributed by atoms with Gasteiger partial charge >= 0.3 is 0 Å². The van der Waals surface area contributed by atoms with E-state index in [2.05, 4.69) is 115 Å². The van der Waals surface area contributed by atoms with Crippen LogP contribution in [0.5, 0.6) is 0 Å². The Bertz CT molecular complexity index is 1380. The van der Waals surface area contributed by atoms with E-state index in [1.165, 1.54) is 49.7 Å².